The largest absolute Gasteiger partial charge is 0.388 e. The van der Waals surface area contributed by atoms with Crippen molar-refractivity contribution in [2.75, 3.05) is 5.32 Å². The summed E-state index contributed by atoms with van der Waals surface area (Å²) in [4.78, 5) is 7.96. The van der Waals surface area contributed by atoms with E-state index in [0.29, 0.717) is 11.8 Å². The van der Waals surface area contributed by atoms with Gasteiger partial charge in [0, 0.05) is 6.07 Å². The van der Waals surface area contributed by atoms with E-state index in [-0.39, 0.29) is 21.5 Å². The summed E-state index contributed by atoms with van der Waals surface area (Å²) in [7, 11) is 0. The van der Waals surface area contributed by atoms with Gasteiger partial charge in [0.05, 0.1) is 23.1 Å². The van der Waals surface area contributed by atoms with Gasteiger partial charge in [-0.3, -0.25) is 0 Å². The first-order chi connectivity index (χ1) is 8.97. The van der Waals surface area contributed by atoms with Gasteiger partial charge in [0.25, 0.3) is 0 Å². The Labute approximate surface area is 117 Å². The molecule has 0 aliphatic rings. The maximum Gasteiger partial charge on any atom is 0.151 e. The fraction of sp³-hybridized carbons (Fsp3) is 0. The number of rotatable bonds is 3. The summed E-state index contributed by atoms with van der Waals surface area (Å²) in [5, 5.41) is 2.50. The molecule has 0 saturated heterocycles. The summed E-state index contributed by atoms with van der Waals surface area (Å²) in [6.45, 7) is 0. The Bertz CT molecular complexity index is 610. The molecule has 19 heavy (non-hydrogen) atoms. The average Bonchev–Trinajstić information content (AvgIpc) is 2.34. The van der Waals surface area contributed by atoms with E-state index in [1.807, 2.05) is 0 Å². The number of nitrogens with two attached hydrogens (primary N) is 1. The Morgan fingerprint density at radius 3 is 2.53 bits per heavy atom. The van der Waals surface area contributed by atoms with Crippen molar-refractivity contribution < 1.29 is 8.78 Å². The van der Waals surface area contributed by atoms with Crippen LogP contribution in [-0.4, -0.2) is 15.0 Å². The van der Waals surface area contributed by atoms with Gasteiger partial charge in [0.15, 0.2) is 5.82 Å². The molecule has 2 rings (SSSR count). The zero-order valence-electron chi connectivity index (χ0n) is 9.32. The molecule has 0 aliphatic heterocycles. The lowest BCUT2D eigenvalue weighted by atomic mass is 10.3. The molecule has 98 valence electrons. The molecular weight excluding hydrogens is 294 g/mol. The minimum Gasteiger partial charge on any atom is -0.388 e. The van der Waals surface area contributed by atoms with Gasteiger partial charge in [-0.1, -0.05) is 23.8 Å². The van der Waals surface area contributed by atoms with Crippen LogP contribution in [0.3, 0.4) is 0 Å². The molecule has 1 aromatic heterocycles. The van der Waals surface area contributed by atoms with E-state index in [1.54, 1.807) is 0 Å². The number of anilines is 2. The van der Waals surface area contributed by atoms with Crippen LogP contribution in [0.25, 0.3) is 0 Å². The molecule has 0 unspecified atom stereocenters. The van der Waals surface area contributed by atoms with E-state index >= 15 is 0 Å². The number of benzene rings is 1. The van der Waals surface area contributed by atoms with E-state index in [4.69, 9.17) is 29.6 Å². The lowest BCUT2D eigenvalue weighted by Crippen LogP contribution is -2.12. The van der Waals surface area contributed by atoms with Crippen molar-refractivity contribution in [3.05, 3.63) is 46.9 Å². The topological polar surface area (TPSA) is 63.8 Å². The number of hydrogen-bond acceptors (Lipinski definition) is 4. The van der Waals surface area contributed by atoms with Crippen LogP contribution in [0.4, 0.5) is 20.3 Å². The molecule has 3 N–H and O–H groups in total. The Balaban J connectivity index is 2.29. The lowest BCUT2D eigenvalue weighted by molar-refractivity contribution is 0.586. The van der Waals surface area contributed by atoms with Crippen molar-refractivity contribution >= 4 is 40.3 Å². The molecule has 0 radical (unpaired) electrons. The molecule has 1 heterocycles. The highest BCUT2D eigenvalue weighted by Crippen LogP contribution is 2.28. The monoisotopic (exact) mass is 300 g/mol. The van der Waals surface area contributed by atoms with Crippen molar-refractivity contribution in [1.82, 2.24) is 9.97 Å². The Morgan fingerprint density at radius 2 is 2.00 bits per heavy atom. The molecule has 0 bridgehead atoms. The van der Waals surface area contributed by atoms with Crippen molar-refractivity contribution in [3.8, 4) is 0 Å². The van der Waals surface area contributed by atoms with Crippen LogP contribution in [0.15, 0.2) is 24.5 Å². The quantitative estimate of drug-likeness (QED) is 0.853. The number of halogens is 3. The highest BCUT2D eigenvalue weighted by Gasteiger charge is 2.11. The predicted molar refractivity (Wildman–Crippen MR) is 72.6 cm³/mol. The van der Waals surface area contributed by atoms with Crippen LogP contribution in [-0.2, 0) is 0 Å². The van der Waals surface area contributed by atoms with Gasteiger partial charge in [0.1, 0.15) is 22.3 Å². The Kier molecular flexibility index (Phi) is 3.87. The number of aromatic nitrogens is 2. The Hall–Kier alpha value is -1.86. The maximum absolute atomic E-state index is 13.5. The SMILES string of the molecule is NC(=S)c1cnc(Nc2c(F)cc(F)cc2Cl)cn1. The lowest BCUT2D eigenvalue weighted by Gasteiger charge is -2.09. The van der Waals surface area contributed by atoms with Crippen molar-refractivity contribution in [3.63, 3.8) is 0 Å². The van der Waals surface area contributed by atoms with Gasteiger partial charge in [-0.25, -0.2) is 18.7 Å². The summed E-state index contributed by atoms with van der Waals surface area (Å²) in [6.07, 6.45) is 2.65. The van der Waals surface area contributed by atoms with Crippen LogP contribution >= 0.6 is 23.8 Å². The second kappa shape index (κ2) is 5.41. The fourth-order valence-corrected chi connectivity index (χ4v) is 1.66. The molecule has 8 heteroatoms. The summed E-state index contributed by atoms with van der Waals surface area (Å²) in [5.74, 6) is -1.36. The molecule has 0 atom stereocenters. The average molecular weight is 301 g/mol. The zero-order valence-corrected chi connectivity index (χ0v) is 10.9. The van der Waals surface area contributed by atoms with E-state index < -0.39 is 11.6 Å². The molecule has 0 aliphatic carbocycles. The van der Waals surface area contributed by atoms with Crippen molar-refractivity contribution in [2.45, 2.75) is 0 Å². The molecule has 0 spiro atoms. The number of nitrogens with zero attached hydrogens (tertiary/aromatic N) is 2. The van der Waals surface area contributed by atoms with Crippen LogP contribution in [0.2, 0.25) is 5.02 Å². The second-order valence-electron chi connectivity index (χ2n) is 3.52. The van der Waals surface area contributed by atoms with Crippen LogP contribution in [0.5, 0.6) is 0 Å². The van der Waals surface area contributed by atoms with E-state index in [9.17, 15) is 8.78 Å². The van der Waals surface area contributed by atoms with Gasteiger partial charge in [0.2, 0.25) is 0 Å². The van der Waals surface area contributed by atoms with Crippen molar-refractivity contribution in [2.24, 2.45) is 5.73 Å². The molecule has 1 aromatic carbocycles. The first kappa shape index (κ1) is 13.6. The second-order valence-corrected chi connectivity index (χ2v) is 4.37. The maximum atomic E-state index is 13.5. The van der Waals surface area contributed by atoms with Gasteiger partial charge in [-0.2, -0.15) is 0 Å². The minimum absolute atomic E-state index is 0.0829. The van der Waals surface area contributed by atoms with Gasteiger partial charge in [-0.15, -0.1) is 0 Å². The number of thiocarbonyl (C=S) groups is 1. The van der Waals surface area contributed by atoms with Crippen LogP contribution in [0.1, 0.15) is 5.69 Å². The number of hydrogen-bond donors (Lipinski definition) is 2. The summed E-state index contributed by atoms with van der Waals surface area (Å²) in [6, 6.07) is 1.70. The molecular formula is C11H7ClF2N4S. The number of nitrogens with one attached hydrogen (secondary N) is 1. The standard InChI is InChI=1S/C11H7ClF2N4S/c12-6-1-5(13)2-7(14)10(6)18-9-4-16-8(3-17-9)11(15)19/h1-4H,(H2,15,19)(H,17,18). The summed E-state index contributed by atoms with van der Waals surface area (Å²) in [5.41, 5.74) is 5.62. The third kappa shape index (κ3) is 3.12. The van der Waals surface area contributed by atoms with E-state index in [2.05, 4.69) is 15.3 Å². The first-order valence-electron chi connectivity index (χ1n) is 5.01. The highest BCUT2D eigenvalue weighted by molar-refractivity contribution is 7.80. The smallest absolute Gasteiger partial charge is 0.151 e. The molecule has 0 saturated carbocycles. The fourth-order valence-electron chi connectivity index (χ4n) is 1.31. The highest BCUT2D eigenvalue weighted by atomic mass is 35.5. The van der Waals surface area contributed by atoms with Gasteiger partial charge in [-0.05, 0) is 6.07 Å². The first-order valence-corrected chi connectivity index (χ1v) is 5.79. The zero-order chi connectivity index (χ0) is 14.0. The molecule has 4 nitrogen and oxygen atoms in total. The third-order valence-corrected chi connectivity index (χ3v) is 2.67. The van der Waals surface area contributed by atoms with E-state index in [0.717, 1.165) is 6.07 Å². The Morgan fingerprint density at radius 1 is 1.26 bits per heavy atom. The third-order valence-electron chi connectivity index (χ3n) is 2.16. The van der Waals surface area contributed by atoms with Crippen molar-refractivity contribution in [1.29, 1.82) is 0 Å². The molecule has 0 fully saturated rings. The van der Waals surface area contributed by atoms with E-state index in [1.165, 1.54) is 12.4 Å². The molecule has 0 amide bonds. The predicted octanol–water partition coefficient (Wildman–Crippen LogP) is 2.79. The van der Waals surface area contributed by atoms with Gasteiger partial charge < -0.3 is 11.1 Å². The molecule has 2 aromatic rings. The van der Waals surface area contributed by atoms with Crippen LogP contribution < -0.4 is 11.1 Å². The summed E-state index contributed by atoms with van der Waals surface area (Å²) < 4.78 is 26.4. The summed E-state index contributed by atoms with van der Waals surface area (Å²) >= 11 is 10.5. The normalized spacial score (nSPS) is 10.3. The van der Waals surface area contributed by atoms with Gasteiger partial charge >= 0.3 is 0 Å². The van der Waals surface area contributed by atoms with Crippen LogP contribution in [0, 0.1) is 11.6 Å². The minimum atomic E-state index is -0.828.